The standard InChI is InChI=1S/C17H27N3O2S/c1-3-5-14-12(4-2)10-15(23-14)17(22)19-13-6-8-20(9-7-13)11-16(18)21/h10,13H,3-9,11H2,1-2H3,(H2,18,21)(H,19,22). The van der Waals surface area contributed by atoms with Crippen LogP contribution in [0.15, 0.2) is 6.07 Å². The minimum Gasteiger partial charge on any atom is -0.369 e. The predicted octanol–water partition coefficient (Wildman–Crippen LogP) is 1.94. The molecule has 0 unspecified atom stereocenters. The quantitative estimate of drug-likeness (QED) is 0.798. The Morgan fingerprint density at radius 1 is 1.35 bits per heavy atom. The van der Waals surface area contributed by atoms with E-state index in [1.54, 1.807) is 11.3 Å². The van der Waals surface area contributed by atoms with E-state index in [0.29, 0.717) is 6.54 Å². The van der Waals surface area contributed by atoms with Gasteiger partial charge in [-0.05, 0) is 37.3 Å². The Labute approximate surface area is 142 Å². The first-order valence-electron chi connectivity index (χ1n) is 8.46. The summed E-state index contributed by atoms with van der Waals surface area (Å²) in [5.41, 5.74) is 6.52. The topological polar surface area (TPSA) is 75.4 Å². The minimum atomic E-state index is -0.290. The second kappa shape index (κ2) is 8.45. The van der Waals surface area contributed by atoms with E-state index in [1.807, 2.05) is 11.0 Å². The number of likely N-dealkylation sites (tertiary alicyclic amines) is 1. The molecule has 0 radical (unpaired) electrons. The Morgan fingerprint density at radius 3 is 2.61 bits per heavy atom. The van der Waals surface area contributed by atoms with Gasteiger partial charge in [-0.2, -0.15) is 0 Å². The maximum atomic E-state index is 12.5. The van der Waals surface area contributed by atoms with Crippen LogP contribution in [-0.2, 0) is 17.6 Å². The van der Waals surface area contributed by atoms with Gasteiger partial charge in [0.15, 0.2) is 0 Å². The Morgan fingerprint density at radius 2 is 2.04 bits per heavy atom. The Balaban J connectivity index is 1.89. The van der Waals surface area contributed by atoms with E-state index < -0.39 is 0 Å². The van der Waals surface area contributed by atoms with Crippen molar-refractivity contribution in [3.05, 3.63) is 21.4 Å². The zero-order valence-corrected chi connectivity index (χ0v) is 14.9. The molecule has 1 aromatic rings. The lowest BCUT2D eigenvalue weighted by Crippen LogP contribution is -2.46. The van der Waals surface area contributed by atoms with Gasteiger partial charge in [-0.1, -0.05) is 20.3 Å². The van der Waals surface area contributed by atoms with Crippen molar-refractivity contribution in [3.8, 4) is 0 Å². The maximum Gasteiger partial charge on any atom is 0.261 e. The number of amides is 2. The Bertz CT molecular complexity index is 548. The first kappa shape index (κ1) is 17.9. The number of piperidine rings is 1. The summed E-state index contributed by atoms with van der Waals surface area (Å²) >= 11 is 1.63. The first-order chi connectivity index (χ1) is 11.0. The van der Waals surface area contributed by atoms with Crippen LogP contribution in [0.5, 0.6) is 0 Å². The molecule has 2 amide bonds. The highest BCUT2D eigenvalue weighted by Gasteiger charge is 2.23. The van der Waals surface area contributed by atoms with E-state index in [4.69, 9.17) is 5.73 Å². The summed E-state index contributed by atoms with van der Waals surface area (Å²) in [6.45, 7) is 6.22. The van der Waals surface area contributed by atoms with Gasteiger partial charge in [-0.15, -0.1) is 11.3 Å². The van der Waals surface area contributed by atoms with E-state index in [-0.39, 0.29) is 17.9 Å². The van der Waals surface area contributed by atoms with Crippen molar-refractivity contribution < 1.29 is 9.59 Å². The number of rotatable bonds is 7. The molecule has 0 saturated carbocycles. The largest absolute Gasteiger partial charge is 0.369 e. The van der Waals surface area contributed by atoms with Gasteiger partial charge >= 0.3 is 0 Å². The number of hydrogen-bond donors (Lipinski definition) is 2. The van der Waals surface area contributed by atoms with Crippen LogP contribution in [0.2, 0.25) is 0 Å². The molecule has 1 aromatic heterocycles. The molecule has 0 spiro atoms. The molecule has 6 heteroatoms. The minimum absolute atomic E-state index is 0.0420. The fourth-order valence-corrected chi connectivity index (χ4v) is 4.29. The summed E-state index contributed by atoms with van der Waals surface area (Å²) < 4.78 is 0. The second-order valence-corrected chi connectivity index (χ2v) is 7.29. The van der Waals surface area contributed by atoms with Crippen LogP contribution in [-0.4, -0.2) is 42.4 Å². The van der Waals surface area contributed by atoms with Crippen LogP contribution in [0, 0.1) is 0 Å². The highest BCUT2D eigenvalue weighted by molar-refractivity contribution is 7.14. The van der Waals surface area contributed by atoms with Gasteiger partial charge < -0.3 is 11.1 Å². The molecule has 3 N–H and O–H groups in total. The normalized spacial score (nSPS) is 16.4. The average Bonchev–Trinajstić information content (AvgIpc) is 2.92. The lowest BCUT2D eigenvalue weighted by molar-refractivity contribution is -0.119. The number of nitrogens with one attached hydrogen (secondary N) is 1. The number of hydrogen-bond acceptors (Lipinski definition) is 4. The van der Waals surface area contributed by atoms with Gasteiger partial charge in [0.1, 0.15) is 0 Å². The molecule has 23 heavy (non-hydrogen) atoms. The van der Waals surface area contributed by atoms with Crippen LogP contribution >= 0.6 is 11.3 Å². The Kier molecular flexibility index (Phi) is 6.59. The predicted molar refractivity (Wildman–Crippen MR) is 93.8 cm³/mol. The number of primary amides is 1. The van der Waals surface area contributed by atoms with Crippen molar-refractivity contribution in [2.24, 2.45) is 5.73 Å². The second-order valence-electron chi connectivity index (χ2n) is 6.15. The third-order valence-corrected chi connectivity index (χ3v) is 5.52. The summed E-state index contributed by atoms with van der Waals surface area (Å²) in [6, 6.07) is 2.24. The first-order valence-corrected chi connectivity index (χ1v) is 9.28. The van der Waals surface area contributed by atoms with Crippen molar-refractivity contribution in [1.29, 1.82) is 0 Å². The summed E-state index contributed by atoms with van der Waals surface area (Å²) in [4.78, 5) is 27.6. The summed E-state index contributed by atoms with van der Waals surface area (Å²) in [6.07, 6.45) is 4.86. The van der Waals surface area contributed by atoms with Crippen LogP contribution in [0.25, 0.3) is 0 Å². The highest BCUT2D eigenvalue weighted by atomic mass is 32.1. The highest BCUT2D eigenvalue weighted by Crippen LogP contribution is 2.25. The molecule has 2 rings (SSSR count). The molecule has 0 aromatic carbocycles. The smallest absolute Gasteiger partial charge is 0.261 e. The molecule has 0 aliphatic carbocycles. The van der Waals surface area contributed by atoms with E-state index in [0.717, 1.165) is 50.1 Å². The van der Waals surface area contributed by atoms with E-state index in [1.165, 1.54) is 10.4 Å². The molecular weight excluding hydrogens is 310 g/mol. The summed E-state index contributed by atoms with van der Waals surface area (Å²) in [5, 5.41) is 3.14. The van der Waals surface area contributed by atoms with Gasteiger partial charge in [0, 0.05) is 24.0 Å². The third-order valence-electron chi connectivity index (χ3n) is 4.28. The Hall–Kier alpha value is -1.40. The fraction of sp³-hybridized carbons (Fsp3) is 0.647. The van der Waals surface area contributed by atoms with E-state index in [2.05, 4.69) is 19.2 Å². The van der Waals surface area contributed by atoms with Crippen LogP contribution in [0.3, 0.4) is 0 Å². The van der Waals surface area contributed by atoms with Crippen LogP contribution in [0.4, 0.5) is 0 Å². The van der Waals surface area contributed by atoms with Crippen molar-refractivity contribution in [3.63, 3.8) is 0 Å². The summed E-state index contributed by atoms with van der Waals surface area (Å²) in [5.74, 6) is -0.248. The third kappa shape index (κ3) is 5.04. The number of nitrogens with two attached hydrogens (primary N) is 1. The van der Waals surface area contributed by atoms with Crippen molar-refractivity contribution in [2.75, 3.05) is 19.6 Å². The summed E-state index contributed by atoms with van der Waals surface area (Å²) in [7, 11) is 0. The molecule has 0 bridgehead atoms. The number of carbonyl (C=O) groups excluding carboxylic acids is 2. The van der Waals surface area contributed by atoms with Gasteiger partial charge in [-0.3, -0.25) is 14.5 Å². The van der Waals surface area contributed by atoms with Gasteiger partial charge in [0.25, 0.3) is 5.91 Å². The molecule has 2 heterocycles. The maximum absolute atomic E-state index is 12.5. The van der Waals surface area contributed by atoms with Gasteiger partial charge in [0.2, 0.25) is 5.91 Å². The number of aryl methyl sites for hydroxylation is 2. The van der Waals surface area contributed by atoms with E-state index >= 15 is 0 Å². The lowest BCUT2D eigenvalue weighted by atomic mass is 10.0. The monoisotopic (exact) mass is 337 g/mol. The molecule has 1 aliphatic heterocycles. The molecular formula is C17H27N3O2S. The van der Waals surface area contributed by atoms with Crippen molar-refractivity contribution in [1.82, 2.24) is 10.2 Å². The van der Waals surface area contributed by atoms with Crippen molar-refractivity contribution >= 4 is 23.2 Å². The lowest BCUT2D eigenvalue weighted by Gasteiger charge is -2.31. The fourth-order valence-electron chi connectivity index (χ4n) is 3.03. The van der Waals surface area contributed by atoms with E-state index in [9.17, 15) is 9.59 Å². The molecule has 0 atom stereocenters. The zero-order chi connectivity index (χ0) is 16.8. The van der Waals surface area contributed by atoms with Crippen molar-refractivity contribution in [2.45, 2.75) is 52.0 Å². The number of carbonyl (C=O) groups is 2. The SMILES string of the molecule is CCCc1sc(C(=O)NC2CCN(CC(N)=O)CC2)cc1CC. The molecule has 1 saturated heterocycles. The average molecular weight is 337 g/mol. The molecule has 128 valence electrons. The number of thiophene rings is 1. The van der Waals surface area contributed by atoms with Crippen LogP contribution < -0.4 is 11.1 Å². The van der Waals surface area contributed by atoms with Gasteiger partial charge in [-0.25, -0.2) is 0 Å². The van der Waals surface area contributed by atoms with Gasteiger partial charge in [0.05, 0.1) is 11.4 Å². The molecule has 1 aliphatic rings. The zero-order valence-electron chi connectivity index (χ0n) is 14.1. The molecule has 1 fully saturated rings. The number of nitrogens with zero attached hydrogens (tertiary/aromatic N) is 1. The van der Waals surface area contributed by atoms with Crippen LogP contribution in [0.1, 0.15) is 53.2 Å². The molecule has 5 nitrogen and oxygen atoms in total.